The fourth-order valence-electron chi connectivity index (χ4n) is 5.39. The molecule has 0 aliphatic carbocycles. The van der Waals surface area contributed by atoms with Crippen LogP contribution in [0.4, 0.5) is 10.2 Å². The van der Waals surface area contributed by atoms with Gasteiger partial charge in [-0.1, -0.05) is 12.6 Å². The molecule has 0 unspecified atom stereocenters. The predicted octanol–water partition coefficient (Wildman–Crippen LogP) is 2.14. The van der Waals surface area contributed by atoms with Gasteiger partial charge in [0.05, 0.1) is 31.0 Å². The van der Waals surface area contributed by atoms with Crippen LogP contribution in [-0.2, 0) is 9.53 Å². The van der Waals surface area contributed by atoms with Gasteiger partial charge in [-0.3, -0.25) is 14.7 Å². The Hall–Kier alpha value is -3.99. The maximum absolute atomic E-state index is 16.4. The second-order valence-electron chi connectivity index (χ2n) is 9.44. The average molecular weight is 507 g/mol. The number of halogens is 1. The number of H-pyrrole nitrogens is 1. The predicted molar refractivity (Wildman–Crippen MR) is 134 cm³/mol. The van der Waals surface area contributed by atoms with Gasteiger partial charge in [0, 0.05) is 43.7 Å². The van der Waals surface area contributed by atoms with E-state index in [1.165, 1.54) is 6.08 Å². The summed E-state index contributed by atoms with van der Waals surface area (Å²) in [6, 6.07) is 3.35. The first-order chi connectivity index (χ1) is 18.0. The van der Waals surface area contributed by atoms with Crippen molar-refractivity contribution in [3.63, 3.8) is 0 Å². The van der Waals surface area contributed by atoms with E-state index >= 15 is 4.39 Å². The lowest BCUT2D eigenvalue weighted by Gasteiger charge is -2.39. The number of piperazine rings is 1. The molecule has 10 nitrogen and oxygen atoms in total. The fraction of sp³-hybridized carbons (Fsp3) is 0.385. The van der Waals surface area contributed by atoms with E-state index in [0.717, 1.165) is 16.5 Å². The van der Waals surface area contributed by atoms with Crippen molar-refractivity contribution in [3.8, 4) is 17.0 Å². The van der Waals surface area contributed by atoms with E-state index in [4.69, 9.17) is 14.5 Å². The molecule has 3 aromatic rings. The highest BCUT2D eigenvalue weighted by atomic mass is 19.1. The molecule has 0 bridgehead atoms. The van der Waals surface area contributed by atoms with Gasteiger partial charge in [-0.25, -0.2) is 9.37 Å². The van der Waals surface area contributed by atoms with Crippen molar-refractivity contribution in [2.75, 3.05) is 57.4 Å². The molecular formula is C26H27FN6O4. The maximum Gasteiger partial charge on any atom is 0.262 e. The van der Waals surface area contributed by atoms with E-state index in [0.29, 0.717) is 50.8 Å². The van der Waals surface area contributed by atoms with Crippen LogP contribution in [0, 0.1) is 12.7 Å². The number of nitrogens with one attached hydrogen (secondary N) is 1. The quantitative estimate of drug-likeness (QED) is 0.543. The van der Waals surface area contributed by atoms with Crippen molar-refractivity contribution in [2.45, 2.75) is 13.0 Å². The zero-order valence-corrected chi connectivity index (χ0v) is 20.5. The SMILES string of the molecule is C=CC(=O)N1CCN2C(=O)c3c(N4CCOCC4)nc(-c4c(C)ccc5[nH]ncc45)c(F)c3OC[C@H]2C1. The van der Waals surface area contributed by atoms with Gasteiger partial charge in [0.15, 0.2) is 11.6 Å². The Morgan fingerprint density at radius 1 is 1.22 bits per heavy atom. The second kappa shape index (κ2) is 9.15. The Bertz CT molecular complexity index is 1420. The number of anilines is 1. The Kier molecular flexibility index (Phi) is 5.79. The number of carbonyl (C=O) groups excluding carboxylic acids is 2. The van der Waals surface area contributed by atoms with Gasteiger partial charge in [0.2, 0.25) is 5.91 Å². The van der Waals surface area contributed by atoms with Crippen molar-refractivity contribution < 1.29 is 23.5 Å². The fourth-order valence-corrected chi connectivity index (χ4v) is 5.39. The molecule has 37 heavy (non-hydrogen) atoms. The standard InChI is InChI=1S/C26H27FN6O4/c1-3-19(34)32-6-7-33-16(13-32)14-37-24-21(26(33)35)25(31-8-10-36-11-9-31)29-23(22(24)27)20-15(2)4-5-18-17(20)12-28-30-18/h3-5,12,16H,1,6-11,13-14H2,2H3,(H,28,30)/t16-/m1/s1. The number of nitrogens with zero attached hydrogens (tertiary/aromatic N) is 5. The summed E-state index contributed by atoms with van der Waals surface area (Å²) in [6.45, 7) is 8.43. The zero-order chi connectivity index (χ0) is 25.7. The van der Waals surface area contributed by atoms with Crippen molar-refractivity contribution in [1.29, 1.82) is 0 Å². The number of ether oxygens (including phenoxy) is 2. The summed E-state index contributed by atoms with van der Waals surface area (Å²) in [4.78, 5) is 36.3. The van der Waals surface area contributed by atoms with Gasteiger partial charge in [0.1, 0.15) is 23.7 Å². The first-order valence-corrected chi connectivity index (χ1v) is 12.3. The first kappa shape index (κ1) is 23.4. The van der Waals surface area contributed by atoms with E-state index in [1.54, 1.807) is 16.0 Å². The summed E-state index contributed by atoms with van der Waals surface area (Å²) >= 11 is 0. The average Bonchev–Trinajstić information content (AvgIpc) is 3.35. The monoisotopic (exact) mass is 506 g/mol. The number of pyridine rings is 1. The van der Waals surface area contributed by atoms with Crippen LogP contribution >= 0.6 is 0 Å². The van der Waals surface area contributed by atoms with Crippen molar-refractivity contribution >= 4 is 28.5 Å². The minimum absolute atomic E-state index is 0.0531. The molecule has 1 aromatic carbocycles. The molecule has 0 saturated carbocycles. The highest BCUT2D eigenvalue weighted by Gasteiger charge is 2.41. The summed E-state index contributed by atoms with van der Waals surface area (Å²) in [5, 5.41) is 7.79. The topological polar surface area (TPSA) is 104 Å². The molecule has 2 aromatic heterocycles. The number of hydrogen-bond acceptors (Lipinski definition) is 7. The third kappa shape index (κ3) is 3.81. The number of rotatable bonds is 3. The molecule has 2 saturated heterocycles. The maximum atomic E-state index is 16.4. The van der Waals surface area contributed by atoms with Crippen LogP contribution in [-0.4, -0.2) is 95.4 Å². The molecule has 0 spiro atoms. The largest absolute Gasteiger partial charge is 0.487 e. The molecule has 6 rings (SSSR count). The lowest BCUT2D eigenvalue weighted by atomic mass is 9.99. The van der Waals surface area contributed by atoms with Crippen LogP contribution in [0.15, 0.2) is 31.0 Å². The number of aromatic nitrogens is 3. The second-order valence-corrected chi connectivity index (χ2v) is 9.44. The normalized spacial score (nSPS) is 19.8. The Morgan fingerprint density at radius 3 is 2.81 bits per heavy atom. The number of aryl methyl sites for hydroxylation is 1. The molecule has 11 heteroatoms. The molecule has 0 radical (unpaired) electrons. The van der Waals surface area contributed by atoms with Crippen LogP contribution in [0.5, 0.6) is 5.75 Å². The van der Waals surface area contributed by atoms with E-state index < -0.39 is 11.9 Å². The summed E-state index contributed by atoms with van der Waals surface area (Å²) in [6.07, 6.45) is 2.91. The molecular weight excluding hydrogens is 479 g/mol. The first-order valence-electron chi connectivity index (χ1n) is 12.3. The van der Waals surface area contributed by atoms with Crippen molar-refractivity contribution in [2.24, 2.45) is 0 Å². The number of aromatic amines is 1. The zero-order valence-electron chi connectivity index (χ0n) is 20.5. The van der Waals surface area contributed by atoms with Crippen LogP contribution in [0.1, 0.15) is 15.9 Å². The number of amides is 2. The van der Waals surface area contributed by atoms with Crippen LogP contribution < -0.4 is 9.64 Å². The third-order valence-corrected chi connectivity index (χ3v) is 7.32. The molecule has 2 fully saturated rings. The molecule has 5 heterocycles. The lowest BCUT2D eigenvalue weighted by molar-refractivity contribution is -0.128. The minimum atomic E-state index is -0.684. The highest BCUT2D eigenvalue weighted by molar-refractivity contribution is 6.04. The van der Waals surface area contributed by atoms with Crippen LogP contribution in [0.25, 0.3) is 22.2 Å². The lowest BCUT2D eigenvalue weighted by Crippen LogP contribution is -2.57. The summed E-state index contributed by atoms with van der Waals surface area (Å²) in [7, 11) is 0. The number of benzene rings is 1. The Labute approximate surface area is 212 Å². The van der Waals surface area contributed by atoms with E-state index in [2.05, 4.69) is 16.8 Å². The van der Waals surface area contributed by atoms with Gasteiger partial charge < -0.3 is 24.2 Å². The number of fused-ring (bicyclic) bond motifs is 3. The van der Waals surface area contributed by atoms with Gasteiger partial charge in [-0.05, 0) is 24.6 Å². The molecule has 192 valence electrons. The molecule has 3 aliphatic rings. The van der Waals surface area contributed by atoms with E-state index in [-0.39, 0.29) is 42.0 Å². The Morgan fingerprint density at radius 2 is 2.03 bits per heavy atom. The molecule has 2 amide bonds. The van der Waals surface area contributed by atoms with Gasteiger partial charge in [-0.2, -0.15) is 5.10 Å². The minimum Gasteiger partial charge on any atom is -0.487 e. The molecule has 1 N–H and O–H groups in total. The molecule has 1 atom stereocenters. The number of hydrogen-bond donors (Lipinski definition) is 1. The summed E-state index contributed by atoms with van der Waals surface area (Å²) < 4.78 is 28.0. The van der Waals surface area contributed by atoms with Gasteiger partial charge in [-0.15, -0.1) is 0 Å². The van der Waals surface area contributed by atoms with Gasteiger partial charge in [0.25, 0.3) is 5.91 Å². The van der Waals surface area contributed by atoms with Crippen LogP contribution in [0.3, 0.4) is 0 Å². The van der Waals surface area contributed by atoms with Gasteiger partial charge >= 0.3 is 0 Å². The third-order valence-electron chi connectivity index (χ3n) is 7.32. The van der Waals surface area contributed by atoms with Crippen molar-refractivity contribution in [1.82, 2.24) is 25.0 Å². The smallest absolute Gasteiger partial charge is 0.262 e. The summed E-state index contributed by atoms with van der Waals surface area (Å²) in [5.41, 5.74) is 2.41. The van der Waals surface area contributed by atoms with Crippen LogP contribution in [0.2, 0.25) is 0 Å². The van der Waals surface area contributed by atoms with E-state index in [1.807, 2.05) is 24.0 Å². The molecule has 3 aliphatic heterocycles. The number of morpholine rings is 1. The summed E-state index contributed by atoms with van der Waals surface area (Å²) in [5.74, 6) is -0.962. The van der Waals surface area contributed by atoms with E-state index in [9.17, 15) is 9.59 Å². The highest BCUT2D eigenvalue weighted by Crippen LogP contribution is 2.42. The number of carbonyl (C=O) groups is 2. The Balaban J connectivity index is 1.52. The van der Waals surface area contributed by atoms with Crippen molar-refractivity contribution in [3.05, 3.63) is 47.9 Å².